The van der Waals surface area contributed by atoms with E-state index in [4.69, 9.17) is 0 Å². The smallest absolute Gasteiger partial charge is 0.0194 e. The highest BCUT2D eigenvalue weighted by molar-refractivity contribution is 7.76. The van der Waals surface area contributed by atoms with Crippen LogP contribution in [0.3, 0.4) is 0 Å². The van der Waals surface area contributed by atoms with Crippen molar-refractivity contribution in [2.45, 2.75) is 18.9 Å². The molecule has 2 aromatic rings. The molecular formula is C27H30NP. The molecule has 2 atom stereocenters. The molecule has 0 aliphatic heterocycles. The van der Waals surface area contributed by atoms with E-state index >= 15 is 0 Å². The first kappa shape index (κ1) is 20.1. The Morgan fingerprint density at radius 1 is 0.793 bits per heavy atom. The standard InChI is InChI=1S/C27H30NP/c1-28(2)26(21-20-22-12-9-10-13-22)25-18-11-19-27(25)29(23-14-5-3-6-15-23)24-16-7-4-8-17-24/h3-19,22,25-26H,20-21H2,1-2H3/t25?,26-/m1/s1. The average Bonchev–Trinajstić information content (AvgIpc) is 3.43. The summed E-state index contributed by atoms with van der Waals surface area (Å²) in [6.45, 7) is 0. The van der Waals surface area contributed by atoms with Crippen molar-refractivity contribution < 1.29 is 0 Å². The van der Waals surface area contributed by atoms with Gasteiger partial charge in [0.2, 0.25) is 0 Å². The molecule has 2 aromatic carbocycles. The van der Waals surface area contributed by atoms with E-state index in [9.17, 15) is 0 Å². The van der Waals surface area contributed by atoms with E-state index in [0.717, 1.165) is 0 Å². The zero-order valence-electron chi connectivity index (χ0n) is 17.4. The van der Waals surface area contributed by atoms with Crippen LogP contribution in [-0.2, 0) is 0 Å². The number of benzene rings is 2. The van der Waals surface area contributed by atoms with Crippen LogP contribution in [0.2, 0.25) is 0 Å². The number of hydrogen-bond acceptors (Lipinski definition) is 1. The normalized spacial score (nSPS) is 19.4. The lowest BCUT2D eigenvalue weighted by Gasteiger charge is -2.34. The minimum absolute atomic E-state index is 0.464. The van der Waals surface area contributed by atoms with Crippen LogP contribution < -0.4 is 10.6 Å². The molecule has 0 aromatic heterocycles. The van der Waals surface area contributed by atoms with Crippen molar-refractivity contribution >= 4 is 18.5 Å². The predicted octanol–water partition coefficient (Wildman–Crippen LogP) is 5.64. The Morgan fingerprint density at radius 2 is 1.38 bits per heavy atom. The molecule has 0 bridgehead atoms. The second-order valence-electron chi connectivity index (χ2n) is 8.05. The van der Waals surface area contributed by atoms with Gasteiger partial charge in [-0.3, -0.25) is 0 Å². The summed E-state index contributed by atoms with van der Waals surface area (Å²) in [5.41, 5.74) is 0. The fraction of sp³-hybridized carbons (Fsp3) is 0.259. The van der Waals surface area contributed by atoms with E-state index in [1.54, 1.807) is 5.31 Å². The second-order valence-corrected chi connectivity index (χ2v) is 10.3. The maximum absolute atomic E-state index is 2.43. The summed E-state index contributed by atoms with van der Waals surface area (Å²) in [5, 5.41) is 4.45. The highest BCUT2D eigenvalue weighted by Gasteiger charge is 2.32. The molecule has 1 nitrogen and oxygen atoms in total. The van der Waals surface area contributed by atoms with Crippen LogP contribution in [0.4, 0.5) is 0 Å². The summed E-state index contributed by atoms with van der Waals surface area (Å²) >= 11 is 0. The Balaban J connectivity index is 1.63. The molecule has 2 aliphatic rings. The summed E-state index contributed by atoms with van der Waals surface area (Å²) in [6.07, 6.45) is 18.5. The van der Waals surface area contributed by atoms with Gasteiger partial charge in [0, 0.05) is 12.0 Å². The molecule has 0 saturated carbocycles. The van der Waals surface area contributed by atoms with Gasteiger partial charge in [0.25, 0.3) is 0 Å². The number of nitrogens with zero attached hydrogens (tertiary/aromatic N) is 1. The van der Waals surface area contributed by atoms with Crippen molar-refractivity contribution in [1.82, 2.24) is 4.90 Å². The van der Waals surface area contributed by atoms with Crippen LogP contribution in [0.25, 0.3) is 0 Å². The van der Waals surface area contributed by atoms with Gasteiger partial charge in [-0.1, -0.05) is 103 Å². The monoisotopic (exact) mass is 399 g/mol. The molecule has 29 heavy (non-hydrogen) atoms. The molecule has 0 fully saturated rings. The van der Waals surface area contributed by atoms with Gasteiger partial charge in [-0.05, 0) is 56.7 Å². The molecule has 4 rings (SSSR count). The van der Waals surface area contributed by atoms with Crippen LogP contribution in [-0.4, -0.2) is 25.0 Å². The lowest BCUT2D eigenvalue weighted by Crippen LogP contribution is -2.36. The Hall–Kier alpha value is -2.21. The fourth-order valence-electron chi connectivity index (χ4n) is 4.43. The molecule has 148 valence electrons. The largest absolute Gasteiger partial charge is 0.306 e. The summed E-state index contributed by atoms with van der Waals surface area (Å²) in [7, 11) is 3.95. The highest BCUT2D eigenvalue weighted by Crippen LogP contribution is 2.50. The Morgan fingerprint density at radius 3 is 1.93 bits per heavy atom. The number of hydrogen-bond donors (Lipinski definition) is 0. The zero-order valence-corrected chi connectivity index (χ0v) is 18.3. The Bertz CT molecular complexity index is 857. The number of rotatable bonds is 8. The molecule has 2 heteroatoms. The van der Waals surface area contributed by atoms with Gasteiger partial charge in [0.1, 0.15) is 0 Å². The molecule has 0 N–H and O–H groups in total. The molecule has 0 heterocycles. The molecule has 2 aliphatic carbocycles. The molecule has 0 amide bonds. The minimum Gasteiger partial charge on any atom is -0.306 e. The van der Waals surface area contributed by atoms with E-state index in [-0.39, 0.29) is 0 Å². The van der Waals surface area contributed by atoms with E-state index in [1.165, 1.54) is 23.5 Å². The lowest BCUT2D eigenvalue weighted by molar-refractivity contribution is 0.239. The van der Waals surface area contributed by atoms with E-state index in [2.05, 4.69) is 122 Å². The van der Waals surface area contributed by atoms with Gasteiger partial charge in [-0.15, -0.1) is 0 Å². The molecule has 0 radical (unpaired) electrons. The molecule has 1 unspecified atom stereocenters. The van der Waals surface area contributed by atoms with Gasteiger partial charge in [0.15, 0.2) is 0 Å². The highest BCUT2D eigenvalue weighted by atomic mass is 31.1. The van der Waals surface area contributed by atoms with Crippen molar-refractivity contribution in [3.05, 3.63) is 109 Å². The van der Waals surface area contributed by atoms with Crippen LogP contribution >= 0.6 is 7.92 Å². The molecule has 0 saturated heterocycles. The zero-order chi connectivity index (χ0) is 20.1. The average molecular weight is 400 g/mol. The maximum Gasteiger partial charge on any atom is 0.0194 e. The first-order valence-electron chi connectivity index (χ1n) is 10.5. The predicted molar refractivity (Wildman–Crippen MR) is 128 cm³/mol. The van der Waals surface area contributed by atoms with Gasteiger partial charge < -0.3 is 4.90 Å². The Labute approximate surface area is 176 Å². The van der Waals surface area contributed by atoms with E-state index in [0.29, 0.717) is 17.9 Å². The van der Waals surface area contributed by atoms with Crippen LogP contribution in [0.5, 0.6) is 0 Å². The summed E-state index contributed by atoms with van der Waals surface area (Å²) in [4.78, 5) is 2.43. The van der Waals surface area contributed by atoms with Gasteiger partial charge in [-0.25, -0.2) is 0 Å². The van der Waals surface area contributed by atoms with Crippen LogP contribution in [0, 0.1) is 11.8 Å². The minimum atomic E-state index is -0.526. The maximum atomic E-state index is 2.43. The third-order valence-corrected chi connectivity index (χ3v) is 8.51. The fourth-order valence-corrected chi connectivity index (χ4v) is 7.05. The molecular weight excluding hydrogens is 369 g/mol. The van der Waals surface area contributed by atoms with Gasteiger partial charge >= 0.3 is 0 Å². The van der Waals surface area contributed by atoms with Crippen molar-refractivity contribution in [2.75, 3.05) is 14.1 Å². The van der Waals surface area contributed by atoms with E-state index < -0.39 is 7.92 Å². The first-order valence-corrected chi connectivity index (χ1v) is 11.9. The van der Waals surface area contributed by atoms with Gasteiger partial charge in [-0.2, -0.15) is 0 Å². The van der Waals surface area contributed by atoms with Crippen LogP contribution in [0.15, 0.2) is 109 Å². The lowest BCUT2D eigenvalue weighted by atomic mass is 9.92. The van der Waals surface area contributed by atoms with E-state index in [1.807, 2.05) is 0 Å². The second kappa shape index (κ2) is 9.53. The molecule has 0 spiro atoms. The summed E-state index contributed by atoms with van der Waals surface area (Å²) in [6, 6.07) is 22.6. The van der Waals surface area contributed by atoms with Crippen molar-refractivity contribution in [3.8, 4) is 0 Å². The Kier molecular flexibility index (Phi) is 6.60. The van der Waals surface area contributed by atoms with Crippen LogP contribution in [0.1, 0.15) is 12.8 Å². The van der Waals surface area contributed by atoms with Gasteiger partial charge in [0.05, 0.1) is 0 Å². The first-order chi connectivity index (χ1) is 14.2. The topological polar surface area (TPSA) is 3.24 Å². The van der Waals surface area contributed by atoms with Crippen molar-refractivity contribution in [1.29, 1.82) is 0 Å². The van der Waals surface area contributed by atoms with Crippen molar-refractivity contribution in [2.24, 2.45) is 11.8 Å². The quantitative estimate of drug-likeness (QED) is 0.519. The number of allylic oxidation sites excluding steroid dienone is 6. The third kappa shape index (κ3) is 4.69. The third-order valence-electron chi connectivity index (χ3n) is 5.92. The van der Waals surface area contributed by atoms with Crippen molar-refractivity contribution in [3.63, 3.8) is 0 Å². The SMILES string of the molecule is CN(C)[C@H](CCC1C=CC=C1)C1C=CC=C1P(c1ccccc1)c1ccccc1. The summed E-state index contributed by atoms with van der Waals surface area (Å²) < 4.78 is 0. The summed E-state index contributed by atoms with van der Waals surface area (Å²) in [5.74, 6) is 1.06.